The molecule has 0 bridgehead atoms. The lowest BCUT2D eigenvalue weighted by molar-refractivity contribution is 0.0840. The van der Waals surface area contributed by atoms with Crippen molar-refractivity contribution in [2.45, 2.75) is 38.6 Å². The molecule has 1 aliphatic heterocycles. The second-order valence-electron chi connectivity index (χ2n) is 7.00. The van der Waals surface area contributed by atoms with Gasteiger partial charge in [0.1, 0.15) is 5.75 Å². The van der Waals surface area contributed by atoms with Gasteiger partial charge in [0.15, 0.2) is 0 Å². The van der Waals surface area contributed by atoms with Crippen molar-refractivity contribution in [1.82, 2.24) is 19.6 Å². The maximum Gasteiger partial charge on any atom is 0.254 e. The minimum atomic E-state index is 0.0703. The van der Waals surface area contributed by atoms with Crippen LogP contribution in [-0.2, 0) is 4.74 Å². The van der Waals surface area contributed by atoms with Crippen molar-refractivity contribution in [2.24, 2.45) is 0 Å². The van der Waals surface area contributed by atoms with E-state index in [1.165, 1.54) is 5.69 Å². The SMILES string of the molecule is COc1ccc([C@H](C)Nc2nc3nc(C)cc(C4CCOCC4)n3n2)cc1. The zero-order chi connectivity index (χ0) is 18.8. The summed E-state index contributed by atoms with van der Waals surface area (Å²) in [5.74, 6) is 2.50. The molecule has 0 spiro atoms. The third-order valence-electron chi connectivity index (χ3n) is 5.07. The molecule has 1 fully saturated rings. The monoisotopic (exact) mass is 367 g/mol. The van der Waals surface area contributed by atoms with Gasteiger partial charge in [-0.2, -0.15) is 9.50 Å². The average molecular weight is 367 g/mol. The molecule has 3 heterocycles. The Morgan fingerprint density at radius 2 is 1.93 bits per heavy atom. The highest BCUT2D eigenvalue weighted by molar-refractivity contribution is 5.42. The molecule has 0 saturated carbocycles. The fourth-order valence-corrected chi connectivity index (χ4v) is 3.53. The molecule has 1 aliphatic rings. The number of fused-ring (bicyclic) bond motifs is 1. The van der Waals surface area contributed by atoms with Crippen LogP contribution in [0.25, 0.3) is 5.78 Å². The number of hydrogen-bond donors (Lipinski definition) is 1. The van der Waals surface area contributed by atoms with Gasteiger partial charge in [0.2, 0.25) is 5.95 Å². The van der Waals surface area contributed by atoms with E-state index in [0.717, 1.165) is 43.1 Å². The Hall–Kier alpha value is -2.67. The molecule has 142 valence electrons. The second kappa shape index (κ2) is 7.52. The van der Waals surface area contributed by atoms with Crippen LogP contribution in [0.3, 0.4) is 0 Å². The first-order chi connectivity index (χ1) is 13.1. The smallest absolute Gasteiger partial charge is 0.254 e. The van der Waals surface area contributed by atoms with Crippen LogP contribution in [0.15, 0.2) is 30.3 Å². The highest BCUT2D eigenvalue weighted by Crippen LogP contribution is 2.28. The molecule has 1 atom stereocenters. The Morgan fingerprint density at radius 1 is 1.19 bits per heavy atom. The fourth-order valence-electron chi connectivity index (χ4n) is 3.53. The van der Waals surface area contributed by atoms with E-state index in [4.69, 9.17) is 14.6 Å². The van der Waals surface area contributed by atoms with Crippen LogP contribution in [0, 0.1) is 6.92 Å². The molecule has 1 N–H and O–H groups in total. The summed E-state index contributed by atoms with van der Waals surface area (Å²) < 4.78 is 12.6. The minimum Gasteiger partial charge on any atom is -0.497 e. The van der Waals surface area contributed by atoms with Crippen LogP contribution < -0.4 is 10.1 Å². The molecule has 0 amide bonds. The van der Waals surface area contributed by atoms with Gasteiger partial charge in [-0.15, -0.1) is 5.10 Å². The van der Waals surface area contributed by atoms with E-state index in [1.54, 1.807) is 7.11 Å². The lowest BCUT2D eigenvalue weighted by atomic mass is 9.96. The molecule has 3 aromatic rings. The van der Waals surface area contributed by atoms with Crippen molar-refractivity contribution in [2.75, 3.05) is 25.6 Å². The first-order valence-corrected chi connectivity index (χ1v) is 9.36. The first kappa shape index (κ1) is 17.7. The quantitative estimate of drug-likeness (QED) is 0.744. The summed E-state index contributed by atoms with van der Waals surface area (Å²) in [5.41, 5.74) is 3.27. The third-order valence-corrected chi connectivity index (χ3v) is 5.07. The van der Waals surface area contributed by atoms with Crippen LogP contribution in [0.5, 0.6) is 5.75 Å². The molecule has 0 unspecified atom stereocenters. The Morgan fingerprint density at radius 3 is 2.63 bits per heavy atom. The first-order valence-electron chi connectivity index (χ1n) is 9.36. The van der Waals surface area contributed by atoms with Crippen LogP contribution >= 0.6 is 0 Å². The van der Waals surface area contributed by atoms with E-state index in [1.807, 2.05) is 35.7 Å². The Labute approximate surface area is 158 Å². The van der Waals surface area contributed by atoms with Crippen molar-refractivity contribution in [1.29, 1.82) is 0 Å². The molecule has 0 aliphatic carbocycles. The lowest BCUT2D eigenvalue weighted by Crippen LogP contribution is -2.17. The Balaban J connectivity index is 1.60. The molecule has 1 saturated heterocycles. The molecule has 7 nitrogen and oxygen atoms in total. The van der Waals surface area contributed by atoms with E-state index in [2.05, 4.69) is 28.3 Å². The Kier molecular flexibility index (Phi) is 4.94. The van der Waals surface area contributed by atoms with Crippen molar-refractivity contribution >= 4 is 11.7 Å². The summed E-state index contributed by atoms with van der Waals surface area (Å²) in [6, 6.07) is 10.2. The molecule has 4 rings (SSSR count). The van der Waals surface area contributed by atoms with Gasteiger partial charge in [0, 0.05) is 24.8 Å². The van der Waals surface area contributed by atoms with Gasteiger partial charge >= 0.3 is 0 Å². The number of ether oxygens (including phenoxy) is 2. The van der Waals surface area contributed by atoms with Crippen molar-refractivity contribution in [3.8, 4) is 5.75 Å². The number of hydrogen-bond acceptors (Lipinski definition) is 6. The average Bonchev–Trinajstić information content (AvgIpc) is 3.10. The highest BCUT2D eigenvalue weighted by Gasteiger charge is 2.21. The molecule has 1 aromatic carbocycles. The largest absolute Gasteiger partial charge is 0.497 e. The summed E-state index contributed by atoms with van der Waals surface area (Å²) in [6.45, 7) is 5.68. The van der Waals surface area contributed by atoms with Gasteiger partial charge in [0.05, 0.1) is 18.8 Å². The summed E-state index contributed by atoms with van der Waals surface area (Å²) >= 11 is 0. The number of methoxy groups -OCH3 is 1. The predicted octanol–water partition coefficient (Wildman–Crippen LogP) is 3.51. The maximum absolute atomic E-state index is 5.50. The number of nitrogens with one attached hydrogen (secondary N) is 1. The topological polar surface area (TPSA) is 73.6 Å². The third kappa shape index (κ3) is 3.73. The molecular formula is C20H25N5O2. The van der Waals surface area contributed by atoms with Gasteiger partial charge < -0.3 is 14.8 Å². The van der Waals surface area contributed by atoms with E-state index < -0.39 is 0 Å². The maximum atomic E-state index is 5.50. The summed E-state index contributed by atoms with van der Waals surface area (Å²) in [5, 5.41) is 8.08. The molecule has 2 aromatic heterocycles. The molecular weight excluding hydrogens is 342 g/mol. The van der Waals surface area contributed by atoms with E-state index in [-0.39, 0.29) is 6.04 Å². The molecule has 7 heteroatoms. The van der Waals surface area contributed by atoms with Crippen LogP contribution in [0.1, 0.15) is 48.7 Å². The Bertz CT molecular complexity index is 916. The van der Waals surface area contributed by atoms with Gasteiger partial charge in [-0.3, -0.25) is 0 Å². The standard InChI is InChI=1S/C20H25N5O2/c1-13-12-18(16-8-10-27-11-9-16)25-20(21-13)23-19(24-25)22-14(2)15-4-6-17(26-3)7-5-15/h4-7,12,14,16H,8-11H2,1-3H3,(H,22,24)/t14-/m0/s1. The summed E-state index contributed by atoms with van der Waals surface area (Å²) in [7, 11) is 1.67. The number of anilines is 1. The van der Waals surface area contributed by atoms with E-state index >= 15 is 0 Å². The van der Waals surface area contributed by atoms with E-state index in [9.17, 15) is 0 Å². The zero-order valence-corrected chi connectivity index (χ0v) is 16.0. The molecule has 27 heavy (non-hydrogen) atoms. The van der Waals surface area contributed by atoms with Crippen LogP contribution in [-0.4, -0.2) is 39.9 Å². The van der Waals surface area contributed by atoms with Gasteiger partial charge in [-0.25, -0.2) is 4.98 Å². The number of aromatic nitrogens is 4. The minimum absolute atomic E-state index is 0.0703. The lowest BCUT2D eigenvalue weighted by Gasteiger charge is -2.22. The van der Waals surface area contributed by atoms with Crippen molar-refractivity contribution in [3.05, 3.63) is 47.3 Å². The molecule has 0 radical (unpaired) electrons. The predicted molar refractivity (Wildman–Crippen MR) is 103 cm³/mol. The van der Waals surface area contributed by atoms with Crippen LogP contribution in [0.4, 0.5) is 5.95 Å². The van der Waals surface area contributed by atoms with Gasteiger partial charge in [0.25, 0.3) is 5.78 Å². The second-order valence-corrected chi connectivity index (χ2v) is 7.00. The van der Waals surface area contributed by atoms with Gasteiger partial charge in [-0.1, -0.05) is 12.1 Å². The van der Waals surface area contributed by atoms with Gasteiger partial charge in [-0.05, 0) is 50.5 Å². The van der Waals surface area contributed by atoms with Crippen molar-refractivity contribution in [3.63, 3.8) is 0 Å². The van der Waals surface area contributed by atoms with Crippen LogP contribution in [0.2, 0.25) is 0 Å². The van der Waals surface area contributed by atoms with Crippen molar-refractivity contribution < 1.29 is 9.47 Å². The number of aryl methyl sites for hydroxylation is 1. The summed E-state index contributed by atoms with van der Waals surface area (Å²) in [6.07, 6.45) is 2.01. The number of benzene rings is 1. The van der Waals surface area contributed by atoms with E-state index in [0.29, 0.717) is 17.6 Å². The fraction of sp³-hybridized carbons (Fsp3) is 0.450. The normalized spacial score (nSPS) is 16.4. The number of nitrogens with zero attached hydrogens (tertiary/aromatic N) is 4. The zero-order valence-electron chi connectivity index (χ0n) is 16.0. The highest BCUT2D eigenvalue weighted by atomic mass is 16.5. The summed E-state index contributed by atoms with van der Waals surface area (Å²) in [4.78, 5) is 9.16. The number of rotatable bonds is 5.